The van der Waals surface area contributed by atoms with Crippen LogP contribution in [0.4, 0.5) is 0 Å². The lowest BCUT2D eigenvalue weighted by molar-refractivity contribution is 0.0682. The molecule has 0 N–H and O–H groups in total. The molecule has 0 spiro atoms. The van der Waals surface area contributed by atoms with Crippen LogP contribution in [0.1, 0.15) is 274 Å². The van der Waals surface area contributed by atoms with E-state index in [1.807, 2.05) is 12.1 Å². The Morgan fingerprint density at radius 1 is 0.250 bits per heavy atom. The molecule has 0 saturated heterocycles. The number of benzene rings is 4. The fourth-order valence-corrected chi connectivity index (χ4v) is 21.0. The molecule has 0 saturated carbocycles. The zero-order chi connectivity index (χ0) is 72.9. The van der Waals surface area contributed by atoms with E-state index in [9.17, 15) is 0 Å². The van der Waals surface area contributed by atoms with Gasteiger partial charge >= 0.3 is 0 Å². The summed E-state index contributed by atoms with van der Waals surface area (Å²) in [4.78, 5) is 75.8. The Morgan fingerprint density at radius 3 is 0.640 bits per heavy atom. The number of hydrogen-bond donors (Lipinski definition) is 0. The first-order valence-corrected chi connectivity index (χ1v) is 40.6. The third kappa shape index (κ3) is 13.8. The molecule has 0 amide bonds. The Kier molecular flexibility index (Phi) is 18.6. The molecule has 12 rings (SSSR count). The molecule has 4 nitrogen and oxygen atoms in total. The average Bonchev–Trinajstić information content (AvgIpc) is 1.54. The van der Waals surface area contributed by atoms with Gasteiger partial charge in [-0.1, -0.05) is 251 Å². The van der Waals surface area contributed by atoms with Crippen LogP contribution in [-0.2, 0) is 69.0 Å². The Balaban J connectivity index is 0.995. The van der Waals surface area contributed by atoms with Crippen molar-refractivity contribution < 1.29 is 19.2 Å². The minimum atomic E-state index is -1.43. The molecule has 0 radical (unpaired) electrons. The number of hydrogen-bond acceptors (Lipinski definition) is 10. The van der Waals surface area contributed by atoms with Crippen molar-refractivity contribution in [2.24, 2.45) is 10.8 Å². The summed E-state index contributed by atoms with van der Waals surface area (Å²) in [6, 6.07) is 44.2. The van der Waals surface area contributed by atoms with Gasteiger partial charge in [-0.2, -0.15) is 0 Å². The molecular formula is C90H102O4S6. The van der Waals surface area contributed by atoms with E-state index >= 15 is 19.2 Å². The van der Waals surface area contributed by atoms with Gasteiger partial charge in [0.1, 0.15) is 10.8 Å². The van der Waals surface area contributed by atoms with Crippen molar-refractivity contribution in [1.82, 2.24) is 0 Å². The topological polar surface area (TPSA) is 68.3 Å². The number of Topliss-reactive ketones (excluding diaryl/α,β-unsaturated/α-hetero) is 4. The van der Waals surface area contributed by atoms with Gasteiger partial charge in [0.2, 0.25) is 0 Å². The van der Waals surface area contributed by atoms with Crippen LogP contribution in [0.2, 0.25) is 0 Å². The molecule has 522 valence electrons. The zero-order valence-corrected chi connectivity index (χ0v) is 68.5. The summed E-state index contributed by atoms with van der Waals surface area (Å²) in [5.41, 5.74) is 11.3. The fraction of sp³-hybridized carbons (Fsp3) is 0.422. The van der Waals surface area contributed by atoms with Crippen molar-refractivity contribution in [2.45, 2.75) is 235 Å². The summed E-state index contributed by atoms with van der Waals surface area (Å²) in [5.74, 6) is -0.413. The standard InChI is InChI=1S/C90H102O4S6/c1-81(2,3)55-35-51(36-56(43-55)82(4,5)6)47-89(48-52-37-57(83(7,8)9)44-58(38-52)84(10,11)12)77(91)69-71(79(89)93)75(99-73(69)65-27-25-33-95-65)67-31-29-63(97-67)64-30-32-68(98-64)76-72-70(74(100-76)66-28-26-34-96-66)78(92)90(80(72)94,49-53-39-59(85(13,14)15)45-60(40-53)86(16,17)18)50-54-41-61(87(19,20)21)46-62(42-54)88(22,23)24/h25-46H,47-50H2,1-24H3. The van der Waals surface area contributed by atoms with Gasteiger partial charge in [-0.25, -0.2) is 0 Å². The number of carbonyl (C=O) groups is 4. The van der Waals surface area contributed by atoms with Crippen molar-refractivity contribution in [3.8, 4) is 48.8 Å². The summed E-state index contributed by atoms with van der Waals surface area (Å²) in [6.45, 7) is 53.8. The number of ketones is 4. The molecule has 10 aromatic rings. The van der Waals surface area contributed by atoms with Crippen molar-refractivity contribution in [2.75, 3.05) is 0 Å². The first-order valence-electron chi connectivity index (χ1n) is 35.6. The number of rotatable bonds is 13. The average molecular weight is 1440 g/mol. The van der Waals surface area contributed by atoms with E-state index in [1.54, 1.807) is 68.0 Å². The second-order valence-corrected chi connectivity index (χ2v) is 43.3. The van der Waals surface area contributed by atoms with Crippen molar-refractivity contribution in [3.05, 3.63) is 221 Å². The first-order chi connectivity index (χ1) is 46.2. The second-order valence-electron chi connectivity index (χ2n) is 37.2. The van der Waals surface area contributed by atoms with E-state index in [-0.39, 0.29) is 92.1 Å². The summed E-state index contributed by atoms with van der Waals surface area (Å²) < 4.78 is 0. The summed E-state index contributed by atoms with van der Waals surface area (Å²) in [6.07, 6.45) is 1.05. The van der Waals surface area contributed by atoms with Crippen LogP contribution < -0.4 is 0 Å². The maximum atomic E-state index is 16.7. The lowest BCUT2D eigenvalue weighted by atomic mass is 9.70. The molecule has 100 heavy (non-hydrogen) atoms. The molecule has 0 fully saturated rings. The molecule has 6 aromatic heterocycles. The molecule has 0 bridgehead atoms. The Bertz CT molecular complexity index is 4270. The summed E-state index contributed by atoms with van der Waals surface area (Å²) in [7, 11) is 0. The largest absolute Gasteiger partial charge is 0.293 e. The van der Waals surface area contributed by atoms with E-state index in [4.69, 9.17) is 0 Å². The normalized spacial score (nSPS) is 15.4. The zero-order valence-electron chi connectivity index (χ0n) is 63.6. The predicted molar refractivity (Wildman–Crippen MR) is 433 cm³/mol. The third-order valence-electron chi connectivity index (χ3n) is 20.8. The van der Waals surface area contributed by atoms with Crippen LogP contribution in [0.3, 0.4) is 0 Å². The maximum Gasteiger partial charge on any atom is 0.179 e. The maximum absolute atomic E-state index is 16.7. The molecule has 2 aliphatic rings. The second kappa shape index (κ2) is 25.3. The van der Waals surface area contributed by atoms with Crippen LogP contribution in [0.5, 0.6) is 0 Å². The highest BCUT2D eigenvalue weighted by molar-refractivity contribution is 7.31. The number of thiophene rings is 6. The van der Waals surface area contributed by atoms with Crippen LogP contribution in [0.15, 0.2) is 132 Å². The monoisotopic (exact) mass is 1440 g/mol. The van der Waals surface area contributed by atoms with Gasteiger partial charge in [0.05, 0.1) is 19.5 Å². The van der Waals surface area contributed by atoms with Gasteiger partial charge in [0.25, 0.3) is 0 Å². The Hall–Kier alpha value is -6.24. The predicted octanol–water partition coefficient (Wildman–Crippen LogP) is 26.5. The Morgan fingerprint density at radius 2 is 0.450 bits per heavy atom. The fourth-order valence-electron chi connectivity index (χ4n) is 14.4. The Labute approximate surface area is 621 Å². The minimum absolute atomic E-state index is 0.0985. The molecular weight excluding hydrogens is 1340 g/mol. The molecule has 0 unspecified atom stereocenters. The van der Waals surface area contributed by atoms with Crippen molar-refractivity contribution in [3.63, 3.8) is 0 Å². The number of fused-ring (bicyclic) bond motifs is 2. The smallest absolute Gasteiger partial charge is 0.179 e. The van der Waals surface area contributed by atoms with Gasteiger partial charge in [0, 0.05) is 51.5 Å². The highest BCUT2D eigenvalue weighted by Crippen LogP contribution is 2.59. The van der Waals surface area contributed by atoms with E-state index in [2.05, 4.69) is 286 Å². The van der Waals surface area contributed by atoms with Crippen LogP contribution in [0.25, 0.3) is 48.8 Å². The highest BCUT2D eigenvalue weighted by atomic mass is 32.1. The molecule has 0 atom stereocenters. The SMILES string of the molecule is CC(C)(C)c1cc(CC2(Cc3cc(C(C)(C)C)cc(C(C)(C)C)c3)C(=O)c3c(-c4cccs4)sc(-c4ccc(-c5ccc(-c6sc(-c7cccs7)c7c6C(=O)C(Cc6cc(C(C)(C)C)cc(C(C)(C)C)c6)(Cc6cc(C(C)(C)C)cc(C(C)(C)C)c6)C7=O)s5)s4)c3C2=O)cc(C(C)(C)C)c1. The molecule has 2 aliphatic carbocycles. The lowest BCUT2D eigenvalue weighted by Gasteiger charge is -2.32. The van der Waals surface area contributed by atoms with Crippen molar-refractivity contribution >= 4 is 91.2 Å². The highest BCUT2D eigenvalue weighted by Gasteiger charge is 2.58. The van der Waals surface area contributed by atoms with Gasteiger partial charge in [-0.05, 0) is 183 Å². The summed E-state index contributed by atoms with van der Waals surface area (Å²) in [5, 5.41) is 4.12. The summed E-state index contributed by atoms with van der Waals surface area (Å²) >= 11 is 9.63. The quantitative estimate of drug-likeness (QED) is 0.108. The minimum Gasteiger partial charge on any atom is -0.293 e. The van der Waals surface area contributed by atoms with E-state index in [0.29, 0.717) is 22.3 Å². The molecule has 6 heterocycles. The molecule has 4 aromatic carbocycles. The molecule has 0 aliphatic heterocycles. The van der Waals surface area contributed by atoms with Gasteiger partial charge in [0.15, 0.2) is 23.1 Å². The third-order valence-corrected chi connectivity index (χ3v) is 28.0. The lowest BCUT2D eigenvalue weighted by Crippen LogP contribution is -2.39. The van der Waals surface area contributed by atoms with Crippen LogP contribution in [-0.4, -0.2) is 23.1 Å². The van der Waals surface area contributed by atoms with Gasteiger partial charge in [-0.3, -0.25) is 19.2 Å². The van der Waals surface area contributed by atoms with Gasteiger partial charge in [-0.15, -0.1) is 68.0 Å². The molecule has 10 heteroatoms. The van der Waals surface area contributed by atoms with E-state index in [0.717, 1.165) is 71.0 Å². The van der Waals surface area contributed by atoms with E-state index < -0.39 is 10.8 Å². The van der Waals surface area contributed by atoms with Crippen molar-refractivity contribution in [1.29, 1.82) is 0 Å². The van der Waals surface area contributed by atoms with E-state index in [1.165, 1.54) is 44.5 Å². The van der Waals surface area contributed by atoms with Crippen LogP contribution in [0, 0.1) is 10.8 Å². The first kappa shape index (κ1) is 73.5. The van der Waals surface area contributed by atoms with Gasteiger partial charge < -0.3 is 0 Å². The van der Waals surface area contributed by atoms with Crippen LogP contribution >= 0.6 is 68.0 Å². The number of carbonyl (C=O) groups excluding carboxylic acids is 4.